The van der Waals surface area contributed by atoms with Gasteiger partial charge in [0, 0.05) is 90.3 Å². The summed E-state index contributed by atoms with van der Waals surface area (Å²) in [6.45, 7) is 2.34. The van der Waals surface area contributed by atoms with Gasteiger partial charge in [0.1, 0.15) is 0 Å². The number of hydrogen-bond acceptors (Lipinski definition) is 9. The van der Waals surface area contributed by atoms with Crippen molar-refractivity contribution >= 4 is 40.8 Å². The SMILES string of the molecule is COc1nc(-c2cccc(-c3cccc(-c4cnc5nc(CNC[C@H]6CCC(=O)N6)nn5c4)c3Cl)c2Cl)ccc1CNC[C@@H]1CCC(=O)N1. The molecule has 2 amide bonds. The molecule has 5 heterocycles. The van der Waals surface area contributed by atoms with E-state index >= 15 is 0 Å². The number of fused-ring (bicyclic) bond motifs is 1. The molecule has 2 saturated heterocycles. The second-order valence-electron chi connectivity index (χ2n) is 12.2. The zero-order valence-electron chi connectivity index (χ0n) is 26.8. The first-order valence-corrected chi connectivity index (χ1v) is 17.0. The molecule has 0 spiro atoms. The molecule has 2 aliphatic rings. The Morgan fingerprint density at radius 2 is 1.47 bits per heavy atom. The van der Waals surface area contributed by atoms with Gasteiger partial charge in [-0.05, 0) is 18.9 Å². The number of ether oxygens (including phenoxy) is 1. The van der Waals surface area contributed by atoms with Crippen molar-refractivity contribution in [1.29, 1.82) is 0 Å². The molecule has 252 valence electrons. The Balaban J connectivity index is 1.09. The fraction of sp³-hybridized carbons (Fsp3) is 0.314. The second-order valence-corrected chi connectivity index (χ2v) is 12.9. The molecule has 2 atom stereocenters. The average molecular weight is 701 g/mol. The Labute approximate surface area is 293 Å². The molecular weight excluding hydrogens is 665 g/mol. The van der Waals surface area contributed by atoms with E-state index in [9.17, 15) is 9.59 Å². The Bertz CT molecular complexity index is 2040. The van der Waals surface area contributed by atoms with Crippen LogP contribution in [0.3, 0.4) is 0 Å². The van der Waals surface area contributed by atoms with Crippen molar-refractivity contribution in [3.8, 4) is 39.4 Å². The van der Waals surface area contributed by atoms with Crippen molar-refractivity contribution in [2.75, 3.05) is 20.2 Å². The largest absolute Gasteiger partial charge is 0.481 e. The van der Waals surface area contributed by atoms with Gasteiger partial charge in [-0.1, -0.05) is 65.7 Å². The van der Waals surface area contributed by atoms with E-state index in [1.807, 2.05) is 54.7 Å². The Morgan fingerprint density at radius 1 is 0.837 bits per heavy atom. The maximum atomic E-state index is 11.5. The van der Waals surface area contributed by atoms with Gasteiger partial charge < -0.3 is 26.0 Å². The molecule has 49 heavy (non-hydrogen) atoms. The molecule has 0 aliphatic carbocycles. The summed E-state index contributed by atoms with van der Waals surface area (Å²) in [7, 11) is 1.60. The van der Waals surface area contributed by atoms with Crippen molar-refractivity contribution in [3.05, 3.63) is 82.4 Å². The van der Waals surface area contributed by atoms with Crippen molar-refractivity contribution in [3.63, 3.8) is 0 Å². The number of pyridine rings is 1. The van der Waals surface area contributed by atoms with Gasteiger partial charge in [0.15, 0.2) is 5.82 Å². The highest BCUT2D eigenvalue weighted by atomic mass is 35.5. The number of nitrogens with zero attached hydrogens (tertiary/aromatic N) is 5. The third-order valence-electron chi connectivity index (χ3n) is 8.79. The smallest absolute Gasteiger partial charge is 0.252 e. The highest BCUT2D eigenvalue weighted by molar-refractivity contribution is 6.39. The number of nitrogens with one attached hydrogen (secondary N) is 4. The first kappa shape index (κ1) is 32.9. The number of rotatable bonds is 12. The van der Waals surface area contributed by atoms with Crippen LogP contribution in [0.15, 0.2) is 60.9 Å². The molecule has 0 radical (unpaired) electrons. The molecule has 0 unspecified atom stereocenters. The number of carbonyl (C=O) groups is 2. The third-order valence-corrected chi connectivity index (χ3v) is 9.61. The molecule has 2 aromatic carbocycles. The van der Waals surface area contributed by atoms with Crippen LogP contribution in [0.4, 0.5) is 0 Å². The number of methoxy groups -OCH3 is 1. The monoisotopic (exact) mass is 699 g/mol. The third kappa shape index (κ3) is 7.23. The lowest BCUT2D eigenvalue weighted by molar-refractivity contribution is -0.120. The minimum atomic E-state index is 0.0909. The maximum absolute atomic E-state index is 11.5. The predicted octanol–water partition coefficient (Wildman–Crippen LogP) is 4.57. The first-order chi connectivity index (χ1) is 23.9. The lowest BCUT2D eigenvalue weighted by Gasteiger charge is -2.15. The van der Waals surface area contributed by atoms with Gasteiger partial charge in [-0.25, -0.2) is 14.5 Å². The van der Waals surface area contributed by atoms with Crippen molar-refractivity contribution in [1.82, 2.24) is 45.8 Å². The molecular formula is C35H35Cl2N9O3. The minimum absolute atomic E-state index is 0.0909. The summed E-state index contributed by atoms with van der Waals surface area (Å²) in [5, 5.41) is 18.3. The molecule has 7 rings (SSSR count). The molecule has 2 aliphatic heterocycles. The zero-order valence-corrected chi connectivity index (χ0v) is 28.3. The van der Waals surface area contributed by atoms with Crippen LogP contribution in [0.1, 0.15) is 37.1 Å². The van der Waals surface area contributed by atoms with Gasteiger partial charge in [-0.15, -0.1) is 5.10 Å². The Hall–Kier alpha value is -4.62. The van der Waals surface area contributed by atoms with Gasteiger partial charge in [0.25, 0.3) is 5.78 Å². The van der Waals surface area contributed by atoms with Crippen molar-refractivity contribution in [2.24, 2.45) is 0 Å². The average Bonchev–Trinajstić information content (AvgIpc) is 3.84. The van der Waals surface area contributed by atoms with E-state index in [-0.39, 0.29) is 23.9 Å². The summed E-state index contributed by atoms with van der Waals surface area (Å²) in [5.41, 5.74) is 5.39. The van der Waals surface area contributed by atoms with Crippen molar-refractivity contribution in [2.45, 2.75) is 50.9 Å². The van der Waals surface area contributed by atoms with E-state index in [1.54, 1.807) is 17.8 Å². The van der Waals surface area contributed by atoms with Gasteiger partial charge >= 0.3 is 0 Å². The summed E-state index contributed by atoms with van der Waals surface area (Å²) < 4.78 is 7.29. The predicted molar refractivity (Wildman–Crippen MR) is 187 cm³/mol. The summed E-state index contributed by atoms with van der Waals surface area (Å²) in [5.74, 6) is 1.77. The number of amides is 2. The zero-order chi connectivity index (χ0) is 33.9. The molecule has 0 saturated carbocycles. The summed E-state index contributed by atoms with van der Waals surface area (Å²) in [6, 6.07) is 15.8. The van der Waals surface area contributed by atoms with Crippen LogP contribution < -0.4 is 26.0 Å². The van der Waals surface area contributed by atoms with E-state index in [0.29, 0.717) is 72.2 Å². The highest BCUT2D eigenvalue weighted by Gasteiger charge is 2.22. The van der Waals surface area contributed by atoms with E-state index in [4.69, 9.17) is 32.9 Å². The lowest BCUT2D eigenvalue weighted by atomic mass is 9.97. The number of hydrogen-bond donors (Lipinski definition) is 4. The normalized spacial score (nSPS) is 17.4. The molecule has 5 aromatic rings. The summed E-state index contributed by atoms with van der Waals surface area (Å²) in [6.07, 6.45) is 6.38. The molecule has 3 aromatic heterocycles. The van der Waals surface area contributed by atoms with Gasteiger partial charge in [-0.2, -0.15) is 4.98 Å². The molecule has 0 bridgehead atoms. The summed E-state index contributed by atoms with van der Waals surface area (Å²) >= 11 is 14.2. The Morgan fingerprint density at radius 3 is 2.12 bits per heavy atom. The van der Waals surface area contributed by atoms with Crippen LogP contribution in [0, 0.1) is 0 Å². The van der Waals surface area contributed by atoms with Crippen LogP contribution >= 0.6 is 23.2 Å². The van der Waals surface area contributed by atoms with Crippen LogP contribution in [0.25, 0.3) is 39.3 Å². The summed E-state index contributed by atoms with van der Waals surface area (Å²) in [4.78, 5) is 36.8. The van der Waals surface area contributed by atoms with E-state index < -0.39 is 0 Å². The van der Waals surface area contributed by atoms with Crippen molar-refractivity contribution < 1.29 is 14.3 Å². The quantitative estimate of drug-likeness (QED) is 0.147. The highest BCUT2D eigenvalue weighted by Crippen LogP contribution is 2.42. The van der Waals surface area contributed by atoms with Crippen LogP contribution in [-0.4, -0.2) is 68.7 Å². The van der Waals surface area contributed by atoms with Crippen LogP contribution in [0.5, 0.6) is 5.88 Å². The van der Waals surface area contributed by atoms with Gasteiger partial charge in [-0.3, -0.25) is 9.59 Å². The van der Waals surface area contributed by atoms with Gasteiger partial charge in [0.05, 0.1) is 29.4 Å². The minimum Gasteiger partial charge on any atom is -0.481 e. The molecule has 2 fully saturated rings. The van der Waals surface area contributed by atoms with E-state index in [1.165, 1.54) is 0 Å². The number of carbonyl (C=O) groups excluding carboxylic acids is 2. The first-order valence-electron chi connectivity index (χ1n) is 16.2. The number of halogens is 2. The molecule has 4 N–H and O–H groups in total. The van der Waals surface area contributed by atoms with Crippen LogP contribution in [-0.2, 0) is 22.7 Å². The fourth-order valence-corrected chi connectivity index (χ4v) is 6.93. The topological polar surface area (TPSA) is 147 Å². The molecule has 12 nitrogen and oxygen atoms in total. The number of aromatic nitrogens is 5. The fourth-order valence-electron chi connectivity index (χ4n) is 6.27. The van der Waals surface area contributed by atoms with Gasteiger partial charge in [0.2, 0.25) is 17.7 Å². The van der Waals surface area contributed by atoms with E-state index in [2.05, 4.69) is 36.3 Å². The van der Waals surface area contributed by atoms with Crippen LogP contribution in [0.2, 0.25) is 10.0 Å². The Kier molecular flexibility index (Phi) is 9.72. The number of benzene rings is 2. The van der Waals surface area contributed by atoms with E-state index in [0.717, 1.165) is 46.2 Å². The molecule has 14 heteroatoms. The standard InChI is InChI=1S/C35H35Cl2N9O3/c1-49-34-20(14-38-16-22-9-12-30(47)41-22)8-11-28(43-34)27-7-3-6-26(33(27)37)25-5-2-4-24(32(25)36)21-15-40-35-44-29(45-46(35)19-21)18-39-17-23-10-13-31(48)42-23/h2-8,11,15,19,22-23,38-39H,9-10,12-14,16-18H2,1H3,(H,41,47)(H,42,48)/t22-,23+/m0/s1. The second kappa shape index (κ2) is 14.5. The maximum Gasteiger partial charge on any atom is 0.252 e. The lowest BCUT2D eigenvalue weighted by Crippen LogP contribution is -2.35.